The molecular formula is C13H19N5O2. The fraction of sp³-hybridized carbons (Fsp3) is 0.538. The molecule has 0 spiro atoms. The van der Waals surface area contributed by atoms with E-state index in [1.165, 1.54) is 0 Å². The molecule has 0 aliphatic rings. The van der Waals surface area contributed by atoms with Gasteiger partial charge in [-0.05, 0) is 13.8 Å². The standard InChI is InChI=1S/C13H19N5O2/c1-4-11-16-13(20-17-11)9(2)15-12(19)5-7-18-8-6-14-10(18)3/h6,8-9H,4-5,7H2,1-3H3,(H,15,19)/t9-/m0/s1. The Kier molecular flexibility index (Phi) is 4.49. The van der Waals surface area contributed by atoms with Crippen LogP contribution in [-0.2, 0) is 17.8 Å². The number of amides is 1. The van der Waals surface area contributed by atoms with Gasteiger partial charge in [0.15, 0.2) is 5.82 Å². The summed E-state index contributed by atoms with van der Waals surface area (Å²) in [5.41, 5.74) is 0. The minimum absolute atomic E-state index is 0.0538. The molecule has 108 valence electrons. The van der Waals surface area contributed by atoms with Gasteiger partial charge in [0.05, 0.1) is 0 Å². The van der Waals surface area contributed by atoms with Gasteiger partial charge in [-0.3, -0.25) is 4.79 Å². The van der Waals surface area contributed by atoms with Crippen LogP contribution in [0, 0.1) is 6.92 Å². The fourth-order valence-electron chi connectivity index (χ4n) is 1.82. The topological polar surface area (TPSA) is 85.8 Å². The van der Waals surface area contributed by atoms with E-state index in [9.17, 15) is 4.79 Å². The summed E-state index contributed by atoms with van der Waals surface area (Å²) < 4.78 is 7.03. The molecule has 1 N–H and O–H groups in total. The summed E-state index contributed by atoms with van der Waals surface area (Å²) in [7, 11) is 0. The first-order chi connectivity index (χ1) is 9.60. The highest BCUT2D eigenvalue weighted by Gasteiger charge is 2.16. The lowest BCUT2D eigenvalue weighted by molar-refractivity contribution is -0.122. The Morgan fingerprint density at radius 2 is 2.35 bits per heavy atom. The van der Waals surface area contributed by atoms with Gasteiger partial charge in [0.25, 0.3) is 0 Å². The van der Waals surface area contributed by atoms with Crippen molar-refractivity contribution in [3.05, 3.63) is 29.9 Å². The zero-order chi connectivity index (χ0) is 14.5. The van der Waals surface area contributed by atoms with Gasteiger partial charge in [0.1, 0.15) is 11.9 Å². The second-order valence-corrected chi connectivity index (χ2v) is 4.61. The van der Waals surface area contributed by atoms with Gasteiger partial charge in [-0.25, -0.2) is 4.98 Å². The molecule has 0 radical (unpaired) electrons. The number of hydrogen-bond acceptors (Lipinski definition) is 5. The zero-order valence-corrected chi connectivity index (χ0v) is 12.0. The largest absolute Gasteiger partial charge is 0.345 e. The lowest BCUT2D eigenvalue weighted by Crippen LogP contribution is -2.27. The smallest absolute Gasteiger partial charge is 0.248 e. The van der Waals surface area contributed by atoms with Crippen molar-refractivity contribution >= 4 is 5.91 Å². The highest BCUT2D eigenvalue weighted by molar-refractivity contribution is 5.76. The number of rotatable bonds is 6. The number of carbonyl (C=O) groups is 1. The van der Waals surface area contributed by atoms with E-state index >= 15 is 0 Å². The molecule has 0 aliphatic carbocycles. The molecule has 1 atom stereocenters. The molecule has 0 aromatic carbocycles. The van der Waals surface area contributed by atoms with Crippen LogP contribution in [0.2, 0.25) is 0 Å². The Bertz CT molecular complexity index is 575. The molecule has 20 heavy (non-hydrogen) atoms. The maximum Gasteiger partial charge on any atom is 0.248 e. The second-order valence-electron chi connectivity index (χ2n) is 4.61. The average molecular weight is 277 g/mol. The van der Waals surface area contributed by atoms with E-state index in [0.29, 0.717) is 31.1 Å². The second kappa shape index (κ2) is 6.31. The number of carbonyl (C=O) groups excluding carboxylic acids is 1. The number of imidazole rings is 1. The number of aryl methyl sites for hydroxylation is 3. The summed E-state index contributed by atoms with van der Waals surface area (Å²) >= 11 is 0. The number of hydrogen-bond donors (Lipinski definition) is 1. The maximum absolute atomic E-state index is 11.9. The molecule has 0 unspecified atom stereocenters. The molecule has 1 amide bonds. The normalized spacial score (nSPS) is 12.3. The first-order valence-corrected chi connectivity index (χ1v) is 6.69. The van der Waals surface area contributed by atoms with Gasteiger partial charge < -0.3 is 14.4 Å². The summed E-state index contributed by atoms with van der Waals surface area (Å²) in [4.78, 5) is 20.2. The maximum atomic E-state index is 11.9. The third-order valence-electron chi connectivity index (χ3n) is 3.05. The van der Waals surface area contributed by atoms with Crippen LogP contribution < -0.4 is 5.32 Å². The predicted molar refractivity (Wildman–Crippen MR) is 71.8 cm³/mol. The third kappa shape index (κ3) is 3.43. The molecule has 0 saturated heterocycles. The van der Waals surface area contributed by atoms with Gasteiger partial charge in [0, 0.05) is 31.8 Å². The SMILES string of the molecule is CCc1noc([C@H](C)NC(=O)CCn2ccnc2C)n1. The van der Waals surface area contributed by atoms with E-state index in [-0.39, 0.29) is 11.9 Å². The van der Waals surface area contributed by atoms with Crippen LogP contribution in [0.1, 0.15) is 43.8 Å². The van der Waals surface area contributed by atoms with E-state index in [2.05, 4.69) is 20.4 Å². The lowest BCUT2D eigenvalue weighted by atomic mass is 10.3. The molecule has 2 heterocycles. The molecule has 7 heteroatoms. The average Bonchev–Trinajstić information content (AvgIpc) is 3.05. The quantitative estimate of drug-likeness (QED) is 0.862. The summed E-state index contributed by atoms with van der Waals surface area (Å²) in [6.07, 6.45) is 4.68. The Labute approximate surface area is 117 Å². The van der Waals surface area contributed by atoms with Gasteiger partial charge >= 0.3 is 0 Å². The van der Waals surface area contributed by atoms with Crippen LogP contribution in [-0.4, -0.2) is 25.6 Å². The first kappa shape index (κ1) is 14.2. The van der Waals surface area contributed by atoms with Gasteiger partial charge in [-0.15, -0.1) is 0 Å². The van der Waals surface area contributed by atoms with Crippen molar-refractivity contribution in [2.24, 2.45) is 0 Å². The minimum atomic E-state index is -0.279. The molecule has 0 bridgehead atoms. The molecule has 2 rings (SSSR count). The van der Waals surface area contributed by atoms with Crippen molar-refractivity contribution in [2.45, 2.75) is 46.2 Å². The van der Waals surface area contributed by atoms with Crippen LogP contribution in [0.25, 0.3) is 0 Å². The molecule has 0 saturated carbocycles. The highest BCUT2D eigenvalue weighted by atomic mass is 16.5. The Morgan fingerprint density at radius 1 is 1.55 bits per heavy atom. The van der Waals surface area contributed by atoms with E-state index in [1.54, 1.807) is 6.20 Å². The van der Waals surface area contributed by atoms with Crippen LogP contribution in [0.4, 0.5) is 0 Å². The lowest BCUT2D eigenvalue weighted by Gasteiger charge is -2.10. The van der Waals surface area contributed by atoms with Crippen molar-refractivity contribution < 1.29 is 9.32 Å². The Hall–Kier alpha value is -2.18. The molecule has 0 aliphatic heterocycles. The van der Waals surface area contributed by atoms with Crippen molar-refractivity contribution in [3.8, 4) is 0 Å². The van der Waals surface area contributed by atoms with Gasteiger partial charge in [0.2, 0.25) is 11.8 Å². The number of nitrogens with one attached hydrogen (secondary N) is 1. The fourth-order valence-corrected chi connectivity index (χ4v) is 1.82. The van der Waals surface area contributed by atoms with Crippen molar-refractivity contribution in [1.82, 2.24) is 25.0 Å². The number of nitrogens with zero attached hydrogens (tertiary/aromatic N) is 4. The van der Waals surface area contributed by atoms with E-state index in [4.69, 9.17) is 4.52 Å². The van der Waals surface area contributed by atoms with Gasteiger partial charge in [-0.2, -0.15) is 4.98 Å². The first-order valence-electron chi connectivity index (χ1n) is 6.69. The van der Waals surface area contributed by atoms with Crippen molar-refractivity contribution in [1.29, 1.82) is 0 Å². The van der Waals surface area contributed by atoms with Crippen LogP contribution in [0.3, 0.4) is 0 Å². The van der Waals surface area contributed by atoms with Crippen LogP contribution in [0.15, 0.2) is 16.9 Å². The summed E-state index contributed by atoms with van der Waals surface area (Å²) in [6, 6.07) is -0.279. The summed E-state index contributed by atoms with van der Waals surface area (Å²) in [6.45, 7) is 6.29. The predicted octanol–water partition coefficient (Wildman–Crippen LogP) is 1.40. The van der Waals surface area contributed by atoms with Crippen LogP contribution >= 0.6 is 0 Å². The molecule has 2 aromatic heterocycles. The molecular weight excluding hydrogens is 258 g/mol. The van der Waals surface area contributed by atoms with Gasteiger partial charge in [-0.1, -0.05) is 12.1 Å². The summed E-state index contributed by atoms with van der Waals surface area (Å²) in [5.74, 6) is 1.93. The van der Waals surface area contributed by atoms with E-state index < -0.39 is 0 Å². The number of aromatic nitrogens is 4. The van der Waals surface area contributed by atoms with Crippen molar-refractivity contribution in [2.75, 3.05) is 0 Å². The molecule has 7 nitrogen and oxygen atoms in total. The Balaban J connectivity index is 1.83. The minimum Gasteiger partial charge on any atom is -0.345 e. The van der Waals surface area contributed by atoms with Crippen LogP contribution in [0.5, 0.6) is 0 Å². The highest BCUT2D eigenvalue weighted by Crippen LogP contribution is 2.10. The Morgan fingerprint density at radius 3 is 2.95 bits per heavy atom. The van der Waals surface area contributed by atoms with E-state index in [1.807, 2.05) is 31.5 Å². The monoisotopic (exact) mass is 277 g/mol. The third-order valence-corrected chi connectivity index (χ3v) is 3.05. The molecule has 0 fully saturated rings. The summed E-state index contributed by atoms with van der Waals surface area (Å²) in [5, 5.41) is 6.66. The molecule has 2 aromatic rings. The zero-order valence-electron chi connectivity index (χ0n) is 12.0. The van der Waals surface area contributed by atoms with E-state index in [0.717, 1.165) is 5.82 Å². The van der Waals surface area contributed by atoms with Crippen molar-refractivity contribution in [3.63, 3.8) is 0 Å².